The molecule has 152 valence electrons. The summed E-state index contributed by atoms with van der Waals surface area (Å²) in [6.45, 7) is 1.90. The highest BCUT2D eigenvalue weighted by Crippen LogP contribution is 2.21. The summed E-state index contributed by atoms with van der Waals surface area (Å²) in [5.41, 5.74) is 2.64. The molecule has 2 aromatic heterocycles. The van der Waals surface area contributed by atoms with E-state index in [0.29, 0.717) is 23.1 Å². The van der Waals surface area contributed by atoms with Crippen LogP contribution in [0.5, 0.6) is 0 Å². The topological polar surface area (TPSA) is 91.2 Å². The molecule has 0 amide bonds. The Morgan fingerprint density at radius 3 is 2.47 bits per heavy atom. The number of nitrogens with zero attached hydrogens (tertiary/aromatic N) is 3. The summed E-state index contributed by atoms with van der Waals surface area (Å²) >= 11 is 0. The minimum Gasteiger partial charge on any atom is -0.456 e. The van der Waals surface area contributed by atoms with Crippen LogP contribution in [0.2, 0.25) is 0 Å². The molecule has 4 aromatic rings. The van der Waals surface area contributed by atoms with Crippen molar-refractivity contribution in [2.45, 2.75) is 26.4 Å². The van der Waals surface area contributed by atoms with Gasteiger partial charge in [0, 0.05) is 17.5 Å². The van der Waals surface area contributed by atoms with Crippen LogP contribution in [0, 0.1) is 12.7 Å². The number of aromatic nitrogens is 3. The second-order valence-electron chi connectivity index (χ2n) is 6.65. The maximum atomic E-state index is 13.0. The van der Waals surface area contributed by atoms with Gasteiger partial charge in [-0.15, -0.1) is 10.2 Å². The summed E-state index contributed by atoms with van der Waals surface area (Å²) < 4.78 is 29.3. The molecule has 0 aliphatic rings. The molecule has 2 aromatic carbocycles. The molecule has 0 saturated carbocycles. The number of hydrogen-bond acceptors (Lipinski definition) is 7. The Hall–Kier alpha value is -3.81. The van der Waals surface area contributed by atoms with Crippen LogP contribution in [0.15, 0.2) is 63.6 Å². The van der Waals surface area contributed by atoms with Crippen molar-refractivity contribution in [1.82, 2.24) is 15.2 Å². The molecular weight excluding hydrogens is 389 g/mol. The molecule has 0 N–H and O–H groups in total. The summed E-state index contributed by atoms with van der Waals surface area (Å²) in [6, 6.07) is 13.6. The van der Waals surface area contributed by atoms with E-state index in [1.165, 1.54) is 18.3 Å². The molecule has 0 saturated heterocycles. The van der Waals surface area contributed by atoms with Crippen LogP contribution in [0.3, 0.4) is 0 Å². The van der Waals surface area contributed by atoms with Gasteiger partial charge in [0.1, 0.15) is 5.82 Å². The van der Waals surface area contributed by atoms with Crippen molar-refractivity contribution in [3.05, 3.63) is 77.9 Å². The molecule has 0 atom stereocenters. The van der Waals surface area contributed by atoms with Gasteiger partial charge in [0.05, 0.1) is 12.6 Å². The number of benzene rings is 2. The minimum absolute atomic E-state index is 0.0844. The quantitative estimate of drug-likeness (QED) is 0.416. The third kappa shape index (κ3) is 4.78. The maximum absolute atomic E-state index is 13.0. The van der Waals surface area contributed by atoms with Crippen LogP contribution in [-0.4, -0.2) is 21.2 Å². The standard InChI is InChI=1S/C22H18FN3O4/c1-14-2-4-16(5-3-14)22-26-25-19(30-22)10-11-21(27)28-13-20-24-12-18(29-20)15-6-8-17(23)9-7-15/h2-9,12H,10-11,13H2,1H3. The van der Waals surface area contributed by atoms with Gasteiger partial charge in [-0.25, -0.2) is 9.37 Å². The van der Waals surface area contributed by atoms with Gasteiger partial charge in [-0.3, -0.25) is 4.79 Å². The lowest BCUT2D eigenvalue weighted by Crippen LogP contribution is -2.06. The number of aryl methyl sites for hydroxylation is 2. The highest BCUT2D eigenvalue weighted by molar-refractivity contribution is 5.69. The second kappa shape index (κ2) is 8.69. The number of carbonyl (C=O) groups excluding carboxylic acids is 1. The first-order valence-corrected chi connectivity index (χ1v) is 9.32. The van der Waals surface area contributed by atoms with Gasteiger partial charge in [-0.05, 0) is 43.3 Å². The van der Waals surface area contributed by atoms with Gasteiger partial charge >= 0.3 is 5.97 Å². The van der Waals surface area contributed by atoms with Crippen LogP contribution in [-0.2, 0) is 22.6 Å². The fourth-order valence-corrected chi connectivity index (χ4v) is 2.72. The van der Waals surface area contributed by atoms with Crippen LogP contribution < -0.4 is 0 Å². The van der Waals surface area contributed by atoms with E-state index in [9.17, 15) is 9.18 Å². The van der Waals surface area contributed by atoms with E-state index in [1.807, 2.05) is 31.2 Å². The van der Waals surface area contributed by atoms with E-state index in [-0.39, 0.29) is 31.2 Å². The van der Waals surface area contributed by atoms with Gasteiger partial charge < -0.3 is 13.6 Å². The summed E-state index contributed by atoms with van der Waals surface area (Å²) in [4.78, 5) is 16.1. The maximum Gasteiger partial charge on any atom is 0.306 e. The van der Waals surface area contributed by atoms with Crippen molar-refractivity contribution < 1.29 is 22.8 Å². The molecule has 7 nitrogen and oxygen atoms in total. The highest BCUT2D eigenvalue weighted by atomic mass is 19.1. The molecule has 8 heteroatoms. The third-order valence-corrected chi connectivity index (χ3v) is 4.35. The molecule has 30 heavy (non-hydrogen) atoms. The summed E-state index contributed by atoms with van der Waals surface area (Å²) in [5, 5.41) is 7.97. The lowest BCUT2D eigenvalue weighted by molar-refractivity contribution is -0.145. The molecule has 0 spiro atoms. The van der Waals surface area contributed by atoms with Crippen molar-refractivity contribution >= 4 is 5.97 Å². The van der Waals surface area contributed by atoms with E-state index >= 15 is 0 Å². The zero-order valence-corrected chi connectivity index (χ0v) is 16.2. The molecule has 2 heterocycles. The molecule has 4 rings (SSSR count). The van der Waals surface area contributed by atoms with Crippen molar-refractivity contribution in [3.8, 4) is 22.8 Å². The van der Waals surface area contributed by atoms with Crippen LogP contribution in [0.25, 0.3) is 22.8 Å². The first-order valence-electron chi connectivity index (χ1n) is 9.32. The summed E-state index contributed by atoms with van der Waals surface area (Å²) in [6.07, 6.45) is 1.85. The Morgan fingerprint density at radius 1 is 0.967 bits per heavy atom. The van der Waals surface area contributed by atoms with Crippen molar-refractivity contribution in [1.29, 1.82) is 0 Å². The highest BCUT2D eigenvalue weighted by Gasteiger charge is 2.13. The predicted octanol–water partition coefficient (Wildman–Crippen LogP) is 4.52. The largest absolute Gasteiger partial charge is 0.456 e. The number of esters is 1. The van der Waals surface area contributed by atoms with Crippen LogP contribution in [0.4, 0.5) is 4.39 Å². The number of rotatable bonds is 7. The summed E-state index contributed by atoms with van der Waals surface area (Å²) in [5.74, 6) is 0.715. The van der Waals surface area contributed by atoms with Gasteiger partial charge in [-0.1, -0.05) is 17.7 Å². The molecule has 0 aliphatic carbocycles. The van der Waals surface area contributed by atoms with Gasteiger partial charge in [0.2, 0.25) is 17.7 Å². The van der Waals surface area contributed by atoms with Crippen molar-refractivity contribution in [3.63, 3.8) is 0 Å². The number of carbonyl (C=O) groups is 1. The average molecular weight is 407 g/mol. The minimum atomic E-state index is -0.438. The smallest absolute Gasteiger partial charge is 0.306 e. The molecule has 0 fully saturated rings. The van der Waals surface area contributed by atoms with Crippen LogP contribution >= 0.6 is 0 Å². The van der Waals surface area contributed by atoms with Crippen LogP contribution in [0.1, 0.15) is 23.8 Å². The molecule has 0 aliphatic heterocycles. The third-order valence-electron chi connectivity index (χ3n) is 4.35. The van der Waals surface area contributed by atoms with E-state index in [0.717, 1.165) is 11.1 Å². The Bertz CT molecular complexity index is 1040. The van der Waals surface area contributed by atoms with Crippen molar-refractivity contribution in [2.75, 3.05) is 0 Å². The lowest BCUT2D eigenvalue weighted by atomic mass is 10.1. The number of oxazole rings is 1. The fraction of sp³-hybridized carbons (Fsp3) is 0.182. The Labute approximate surface area is 171 Å². The second-order valence-corrected chi connectivity index (χ2v) is 6.65. The normalized spacial score (nSPS) is 10.9. The number of hydrogen-bond donors (Lipinski definition) is 0. The average Bonchev–Trinajstić information content (AvgIpc) is 3.42. The SMILES string of the molecule is Cc1ccc(-c2nnc(CCC(=O)OCc3ncc(-c4ccc(F)cc4)o3)o2)cc1. The molecule has 0 bridgehead atoms. The van der Waals surface area contributed by atoms with E-state index in [4.69, 9.17) is 13.6 Å². The Morgan fingerprint density at radius 2 is 1.70 bits per heavy atom. The number of ether oxygens (including phenoxy) is 1. The predicted molar refractivity (Wildman–Crippen MR) is 104 cm³/mol. The molecule has 0 unspecified atom stereocenters. The fourth-order valence-electron chi connectivity index (χ4n) is 2.72. The molecule has 0 radical (unpaired) electrons. The van der Waals surface area contributed by atoms with Gasteiger partial charge in [0.15, 0.2) is 12.4 Å². The summed E-state index contributed by atoms with van der Waals surface area (Å²) in [7, 11) is 0. The lowest BCUT2D eigenvalue weighted by Gasteiger charge is -2.01. The number of halogens is 1. The first-order chi connectivity index (χ1) is 14.6. The van der Waals surface area contributed by atoms with Crippen molar-refractivity contribution in [2.24, 2.45) is 0 Å². The van der Waals surface area contributed by atoms with E-state index in [2.05, 4.69) is 15.2 Å². The van der Waals surface area contributed by atoms with Gasteiger partial charge in [-0.2, -0.15) is 0 Å². The first kappa shape index (κ1) is 19.5. The zero-order chi connectivity index (χ0) is 20.9. The monoisotopic (exact) mass is 407 g/mol. The van der Waals surface area contributed by atoms with E-state index in [1.54, 1.807) is 12.1 Å². The van der Waals surface area contributed by atoms with Gasteiger partial charge in [0.25, 0.3) is 0 Å². The molecular formula is C22H18FN3O4. The Kier molecular flexibility index (Phi) is 5.65. The van der Waals surface area contributed by atoms with E-state index < -0.39 is 5.97 Å². The Balaban J connectivity index is 1.27. The zero-order valence-electron chi connectivity index (χ0n) is 16.2.